The first-order valence-corrected chi connectivity index (χ1v) is 12.8. The van der Waals surface area contributed by atoms with Crippen molar-refractivity contribution in [3.05, 3.63) is 149 Å². The van der Waals surface area contributed by atoms with Gasteiger partial charge < -0.3 is 0 Å². The molecule has 6 aromatic rings. The van der Waals surface area contributed by atoms with Gasteiger partial charge in [0.2, 0.25) is 5.82 Å². The molecule has 2 heterocycles. The van der Waals surface area contributed by atoms with Crippen LogP contribution in [0.5, 0.6) is 0 Å². The number of hydrogen-bond donors (Lipinski definition) is 0. The molecule has 0 saturated carbocycles. The van der Waals surface area contributed by atoms with Crippen molar-refractivity contribution in [3.8, 4) is 21.8 Å². The van der Waals surface area contributed by atoms with Crippen LogP contribution < -0.4 is 0 Å². The Hall–Kier alpha value is -4.35. The minimum Gasteiger partial charge on any atom is -0.144 e. The molecule has 0 N–H and O–H groups in total. The zero-order valence-corrected chi connectivity index (χ0v) is 20.6. The number of hydrogen-bond acceptors (Lipinski definition) is 4. The second kappa shape index (κ2) is 9.36. The van der Waals surface area contributed by atoms with Crippen LogP contribution in [-0.4, -0.2) is 20.2 Å². The largest absolute Gasteiger partial charge is 0.214 e. The first kappa shape index (κ1) is 22.1. The molecular weight excluding hydrogens is 460 g/mol. The molecule has 0 amide bonds. The van der Waals surface area contributed by atoms with Gasteiger partial charge in [-0.25, -0.2) is 0 Å². The second-order valence-corrected chi connectivity index (χ2v) is 9.69. The number of rotatable bonds is 6. The normalized spacial score (nSPS) is 11.5. The third-order valence-corrected chi connectivity index (χ3v) is 7.42. The highest BCUT2D eigenvalue weighted by Crippen LogP contribution is 2.40. The summed E-state index contributed by atoms with van der Waals surface area (Å²) in [6, 6.07) is 41.9. The van der Waals surface area contributed by atoms with Gasteiger partial charge in [-0.3, -0.25) is 0 Å². The second-order valence-electron chi connectivity index (χ2n) is 8.78. The molecule has 174 valence electrons. The summed E-state index contributed by atoms with van der Waals surface area (Å²) in [7, 11) is 0. The number of aryl methyl sites for hydroxylation is 1. The van der Waals surface area contributed by atoms with Crippen molar-refractivity contribution >= 4 is 11.3 Å². The molecule has 0 aliphatic carbocycles. The highest BCUT2D eigenvalue weighted by molar-refractivity contribution is 7.13. The number of thiophene rings is 1. The quantitative estimate of drug-likeness (QED) is 0.235. The minimum absolute atomic E-state index is 0.616. The van der Waals surface area contributed by atoms with E-state index < -0.39 is 5.54 Å². The van der Waals surface area contributed by atoms with Crippen LogP contribution in [0, 0.1) is 6.92 Å². The SMILES string of the molecule is Cc1ccc(-c2csc(-c3nnn(C(c4ccccc4)(c4ccccc4)c4ccccc4)n3)c2)cc1. The lowest BCUT2D eigenvalue weighted by atomic mass is 9.77. The molecule has 0 spiro atoms. The van der Waals surface area contributed by atoms with Crippen molar-refractivity contribution in [2.45, 2.75) is 12.5 Å². The van der Waals surface area contributed by atoms with Crippen LogP contribution in [0.3, 0.4) is 0 Å². The Morgan fingerprint density at radius 1 is 0.639 bits per heavy atom. The first-order chi connectivity index (χ1) is 17.7. The lowest BCUT2D eigenvalue weighted by Gasteiger charge is -2.34. The van der Waals surface area contributed by atoms with Gasteiger partial charge in [-0.15, -0.1) is 26.3 Å². The van der Waals surface area contributed by atoms with Crippen LogP contribution in [0.4, 0.5) is 0 Å². The third-order valence-electron chi connectivity index (χ3n) is 6.49. The molecule has 36 heavy (non-hydrogen) atoms. The van der Waals surface area contributed by atoms with Gasteiger partial charge in [-0.2, -0.15) is 0 Å². The minimum atomic E-state index is -0.772. The van der Waals surface area contributed by atoms with E-state index >= 15 is 0 Å². The topological polar surface area (TPSA) is 43.6 Å². The van der Waals surface area contributed by atoms with Crippen molar-refractivity contribution in [2.24, 2.45) is 0 Å². The van der Waals surface area contributed by atoms with Gasteiger partial charge in [0.15, 0.2) is 5.54 Å². The predicted molar refractivity (Wildman–Crippen MR) is 146 cm³/mol. The summed E-state index contributed by atoms with van der Waals surface area (Å²) < 4.78 is 0. The number of tetrazole rings is 1. The molecule has 0 atom stereocenters. The number of benzene rings is 4. The molecule has 5 heteroatoms. The van der Waals surface area contributed by atoms with E-state index in [0.29, 0.717) is 5.82 Å². The van der Waals surface area contributed by atoms with Crippen LogP contribution in [-0.2, 0) is 5.54 Å². The fourth-order valence-electron chi connectivity index (χ4n) is 4.69. The molecule has 0 bridgehead atoms. The molecule has 2 aromatic heterocycles. The molecule has 4 aromatic carbocycles. The van der Waals surface area contributed by atoms with E-state index in [0.717, 1.165) is 27.1 Å². The zero-order chi connectivity index (χ0) is 24.4. The van der Waals surface area contributed by atoms with Gasteiger partial charge >= 0.3 is 0 Å². The van der Waals surface area contributed by atoms with Gasteiger partial charge in [0.05, 0.1) is 4.88 Å². The first-order valence-electron chi connectivity index (χ1n) is 11.9. The average molecular weight is 485 g/mol. The van der Waals surface area contributed by atoms with Gasteiger partial charge in [-0.05, 0) is 51.4 Å². The summed E-state index contributed by atoms with van der Waals surface area (Å²) in [4.78, 5) is 2.76. The zero-order valence-electron chi connectivity index (χ0n) is 19.8. The van der Waals surface area contributed by atoms with E-state index in [1.807, 2.05) is 18.2 Å². The summed E-state index contributed by atoms with van der Waals surface area (Å²) in [5, 5.41) is 16.4. The molecule has 0 fully saturated rings. The maximum absolute atomic E-state index is 5.01. The van der Waals surface area contributed by atoms with Crippen LogP contribution in [0.15, 0.2) is 127 Å². The fourth-order valence-corrected chi connectivity index (χ4v) is 5.53. The van der Waals surface area contributed by atoms with Crippen LogP contribution in [0.2, 0.25) is 0 Å². The third kappa shape index (κ3) is 3.84. The Balaban J connectivity index is 1.52. The van der Waals surface area contributed by atoms with Crippen molar-refractivity contribution in [2.75, 3.05) is 0 Å². The van der Waals surface area contributed by atoms with E-state index in [4.69, 9.17) is 5.10 Å². The van der Waals surface area contributed by atoms with Gasteiger partial charge in [0.1, 0.15) is 0 Å². The van der Waals surface area contributed by atoms with Gasteiger partial charge in [0, 0.05) is 0 Å². The molecule has 4 nitrogen and oxygen atoms in total. The van der Waals surface area contributed by atoms with E-state index in [1.54, 1.807) is 16.1 Å². The molecular formula is C31H24N4S. The summed E-state index contributed by atoms with van der Waals surface area (Å²) in [6.07, 6.45) is 0. The monoisotopic (exact) mass is 484 g/mol. The Morgan fingerprint density at radius 3 is 1.69 bits per heavy atom. The van der Waals surface area contributed by atoms with Gasteiger partial charge in [0.25, 0.3) is 0 Å². The van der Waals surface area contributed by atoms with Crippen molar-refractivity contribution in [3.63, 3.8) is 0 Å². The maximum atomic E-state index is 5.01. The van der Waals surface area contributed by atoms with Crippen molar-refractivity contribution in [1.29, 1.82) is 0 Å². The fraction of sp³-hybridized carbons (Fsp3) is 0.0645. The Kier molecular flexibility index (Phi) is 5.76. The lowest BCUT2D eigenvalue weighted by Crippen LogP contribution is -2.39. The van der Waals surface area contributed by atoms with E-state index in [1.165, 1.54) is 11.1 Å². The lowest BCUT2D eigenvalue weighted by molar-refractivity contribution is 0.396. The Morgan fingerprint density at radius 2 is 1.17 bits per heavy atom. The van der Waals surface area contributed by atoms with Crippen LogP contribution >= 0.6 is 11.3 Å². The van der Waals surface area contributed by atoms with Crippen LogP contribution in [0.25, 0.3) is 21.8 Å². The van der Waals surface area contributed by atoms with E-state index in [2.05, 4.69) is 126 Å². The highest BCUT2D eigenvalue weighted by Gasteiger charge is 2.41. The number of nitrogens with zero attached hydrogens (tertiary/aromatic N) is 4. The van der Waals surface area contributed by atoms with Gasteiger partial charge in [-0.1, -0.05) is 121 Å². The molecule has 0 aliphatic rings. The highest BCUT2D eigenvalue weighted by atomic mass is 32.1. The van der Waals surface area contributed by atoms with E-state index in [9.17, 15) is 0 Å². The number of aromatic nitrogens is 4. The Bertz CT molecular complexity index is 1470. The smallest absolute Gasteiger partial charge is 0.144 e. The molecule has 0 unspecified atom stereocenters. The standard InChI is InChI=1S/C31H24N4S/c1-23-17-19-24(20-18-23)25-21-29(36-22-25)30-32-34-35(33-30)31(26-11-5-2-6-12-26,27-13-7-3-8-14-27)28-15-9-4-10-16-28/h2-22H,1H3. The maximum Gasteiger partial charge on any atom is 0.214 e. The van der Waals surface area contributed by atoms with Crippen molar-refractivity contribution < 1.29 is 0 Å². The molecule has 6 rings (SSSR count). The molecule has 0 aliphatic heterocycles. The van der Waals surface area contributed by atoms with Crippen LogP contribution in [0.1, 0.15) is 22.3 Å². The summed E-state index contributed by atoms with van der Waals surface area (Å²) in [5.74, 6) is 0.616. The molecule has 0 saturated heterocycles. The summed E-state index contributed by atoms with van der Waals surface area (Å²) in [6.45, 7) is 2.10. The average Bonchev–Trinajstić information content (AvgIpc) is 3.62. The summed E-state index contributed by atoms with van der Waals surface area (Å²) in [5.41, 5.74) is 6.02. The van der Waals surface area contributed by atoms with E-state index in [-0.39, 0.29) is 0 Å². The predicted octanol–water partition coefficient (Wildman–Crippen LogP) is 7.22. The Labute approximate surface area is 214 Å². The van der Waals surface area contributed by atoms with Crippen molar-refractivity contribution in [1.82, 2.24) is 20.2 Å². The molecule has 0 radical (unpaired) electrons. The summed E-state index contributed by atoms with van der Waals surface area (Å²) >= 11 is 1.63.